The first-order valence-electron chi connectivity index (χ1n) is 6.12. The van der Waals surface area contributed by atoms with Gasteiger partial charge in [0.25, 0.3) is 0 Å². The molecule has 0 fully saturated rings. The van der Waals surface area contributed by atoms with Crippen molar-refractivity contribution in [3.05, 3.63) is 24.4 Å². The molecule has 1 aromatic rings. The van der Waals surface area contributed by atoms with E-state index in [0.717, 1.165) is 31.9 Å². The highest BCUT2D eigenvalue weighted by molar-refractivity contribution is 4.94. The maximum atomic E-state index is 5.85. The summed E-state index contributed by atoms with van der Waals surface area (Å²) in [5, 5.41) is 3.93. The van der Waals surface area contributed by atoms with Crippen LogP contribution in [-0.4, -0.2) is 34.7 Å². The Bertz CT molecular complexity index is 333. The van der Waals surface area contributed by atoms with Gasteiger partial charge >= 0.3 is 0 Å². The van der Waals surface area contributed by atoms with Crippen LogP contribution in [0, 0.1) is 0 Å². The number of hydrogen-bond acceptors (Lipinski definition) is 5. The molecule has 1 rings (SSSR count). The van der Waals surface area contributed by atoms with E-state index in [1.165, 1.54) is 0 Å². The lowest BCUT2D eigenvalue weighted by Gasteiger charge is -2.16. The molecular formula is C12H22N4O. The zero-order valence-corrected chi connectivity index (χ0v) is 10.7. The number of hydrogen-bond donors (Lipinski definition) is 1. The van der Waals surface area contributed by atoms with Gasteiger partial charge in [0.1, 0.15) is 0 Å². The Morgan fingerprint density at radius 1 is 1.47 bits per heavy atom. The van der Waals surface area contributed by atoms with Crippen molar-refractivity contribution >= 4 is 0 Å². The third-order valence-electron chi connectivity index (χ3n) is 2.77. The molecule has 1 atom stereocenters. The average molecular weight is 238 g/mol. The maximum Gasteiger partial charge on any atom is 0.243 e. The fourth-order valence-electron chi connectivity index (χ4n) is 1.60. The fourth-order valence-corrected chi connectivity index (χ4v) is 1.60. The smallest absolute Gasteiger partial charge is 0.243 e. The van der Waals surface area contributed by atoms with E-state index in [2.05, 4.69) is 35.5 Å². The first kappa shape index (κ1) is 13.9. The summed E-state index contributed by atoms with van der Waals surface area (Å²) >= 11 is 0. The lowest BCUT2D eigenvalue weighted by Crippen LogP contribution is -2.25. The van der Waals surface area contributed by atoms with Gasteiger partial charge in [-0.2, -0.15) is 4.98 Å². The van der Waals surface area contributed by atoms with E-state index < -0.39 is 0 Å². The second-order valence-electron chi connectivity index (χ2n) is 3.96. The monoisotopic (exact) mass is 238 g/mol. The summed E-state index contributed by atoms with van der Waals surface area (Å²) in [6.45, 7) is 11.0. The first-order valence-corrected chi connectivity index (χ1v) is 6.12. The van der Waals surface area contributed by atoms with Crippen molar-refractivity contribution in [1.29, 1.82) is 0 Å². The van der Waals surface area contributed by atoms with Crippen molar-refractivity contribution in [2.75, 3.05) is 19.6 Å². The molecule has 17 heavy (non-hydrogen) atoms. The molecule has 1 heterocycles. The number of nitrogens with zero attached hydrogens (tertiary/aromatic N) is 3. The lowest BCUT2D eigenvalue weighted by molar-refractivity contribution is 0.302. The number of nitrogens with two attached hydrogens (primary N) is 1. The molecule has 96 valence electrons. The molecule has 1 unspecified atom stereocenters. The molecule has 0 aliphatic heterocycles. The molecule has 0 saturated heterocycles. The predicted octanol–water partition coefficient (Wildman–Crippen LogP) is 1.53. The Hall–Kier alpha value is -1.20. The third kappa shape index (κ3) is 4.28. The van der Waals surface area contributed by atoms with Crippen LogP contribution in [-0.2, 0) is 6.42 Å². The molecule has 0 aliphatic carbocycles. The molecule has 0 spiro atoms. The van der Waals surface area contributed by atoms with Crippen molar-refractivity contribution in [3.63, 3.8) is 0 Å². The van der Waals surface area contributed by atoms with Crippen molar-refractivity contribution in [2.24, 2.45) is 5.73 Å². The molecule has 0 amide bonds. The first-order chi connectivity index (χ1) is 8.21. The van der Waals surface area contributed by atoms with Crippen LogP contribution in [0.15, 0.2) is 17.2 Å². The van der Waals surface area contributed by atoms with E-state index in [0.29, 0.717) is 12.3 Å². The summed E-state index contributed by atoms with van der Waals surface area (Å²) < 4.78 is 5.13. The lowest BCUT2D eigenvalue weighted by atomic mass is 10.2. The highest BCUT2D eigenvalue weighted by Gasteiger charge is 2.13. The molecule has 0 radical (unpaired) electrons. The number of likely N-dealkylation sites (N-methyl/N-ethyl adjacent to an activating group) is 1. The van der Waals surface area contributed by atoms with Gasteiger partial charge in [0.05, 0.1) is 6.04 Å². The van der Waals surface area contributed by atoms with Gasteiger partial charge in [-0.05, 0) is 19.5 Å². The average Bonchev–Trinajstić information content (AvgIpc) is 2.79. The molecular weight excluding hydrogens is 216 g/mol. The van der Waals surface area contributed by atoms with Crippen LogP contribution in [0.4, 0.5) is 0 Å². The fraction of sp³-hybridized carbons (Fsp3) is 0.667. The SMILES string of the molecule is C=CCC(N)c1nc(CCN(CC)CC)no1. The van der Waals surface area contributed by atoms with Crippen molar-refractivity contribution in [3.8, 4) is 0 Å². The molecule has 2 N–H and O–H groups in total. The summed E-state index contributed by atoms with van der Waals surface area (Å²) in [6.07, 6.45) is 3.20. The van der Waals surface area contributed by atoms with E-state index in [9.17, 15) is 0 Å². The van der Waals surface area contributed by atoms with Gasteiger partial charge in [-0.1, -0.05) is 25.1 Å². The Kier molecular flexibility index (Phi) is 5.86. The molecule has 5 nitrogen and oxygen atoms in total. The van der Waals surface area contributed by atoms with E-state index in [1.807, 2.05) is 0 Å². The van der Waals surface area contributed by atoms with Gasteiger partial charge in [-0.3, -0.25) is 0 Å². The topological polar surface area (TPSA) is 68.2 Å². The zero-order valence-electron chi connectivity index (χ0n) is 10.7. The second kappa shape index (κ2) is 7.19. The molecule has 0 bridgehead atoms. The minimum atomic E-state index is -0.234. The largest absolute Gasteiger partial charge is 0.338 e. The Balaban J connectivity index is 2.47. The van der Waals surface area contributed by atoms with E-state index in [-0.39, 0.29) is 6.04 Å². The summed E-state index contributed by atoms with van der Waals surface area (Å²) in [7, 11) is 0. The van der Waals surface area contributed by atoms with E-state index in [1.54, 1.807) is 6.08 Å². The van der Waals surface area contributed by atoms with E-state index >= 15 is 0 Å². The highest BCUT2D eigenvalue weighted by atomic mass is 16.5. The zero-order chi connectivity index (χ0) is 12.7. The minimum absolute atomic E-state index is 0.234. The molecule has 0 saturated carbocycles. The predicted molar refractivity (Wildman–Crippen MR) is 67.5 cm³/mol. The number of aromatic nitrogens is 2. The van der Waals surface area contributed by atoms with Crippen molar-refractivity contribution in [2.45, 2.75) is 32.7 Å². The molecule has 0 aromatic carbocycles. The van der Waals surface area contributed by atoms with Gasteiger partial charge in [0.2, 0.25) is 5.89 Å². The third-order valence-corrected chi connectivity index (χ3v) is 2.77. The summed E-state index contributed by atoms with van der Waals surface area (Å²) in [5.41, 5.74) is 5.85. The van der Waals surface area contributed by atoms with Crippen LogP contribution in [0.5, 0.6) is 0 Å². The van der Waals surface area contributed by atoms with E-state index in [4.69, 9.17) is 10.3 Å². The van der Waals surface area contributed by atoms with Crippen LogP contribution < -0.4 is 5.73 Å². The molecule has 5 heteroatoms. The standard InChI is InChI=1S/C12H22N4O/c1-4-7-10(13)12-14-11(15-17-12)8-9-16(5-2)6-3/h4,10H,1,5-9,13H2,2-3H3. The Morgan fingerprint density at radius 2 is 2.18 bits per heavy atom. The van der Waals surface area contributed by atoms with Crippen LogP contribution in [0.1, 0.15) is 38.0 Å². The van der Waals surface area contributed by atoms with Crippen LogP contribution in [0.25, 0.3) is 0 Å². The second-order valence-corrected chi connectivity index (χ2v) is 3.96. The Labute approximate surface area is 103 Å². The van der Waals surface area contributed by atoms with Crippen molar-refractivity contribution < 1.29 is 4.52 Å². The summed E-state index contributed by atoms with van der Waals surface area (Å²) in [6, 6.07) is -0.234. The molecule has 1 aromatic heterocycles. The van der Waals surface area contributed by atoms with Gasteiger partial charge in [0.15, 0.2) is 5.82 Å². The quantitative estimate of drug-likeness (QED) is 0.696. The van der Waals surface area contributed by atoms with Crippen LogP contribution in [0.2, 0.25) is 0 Å². The van der Waals surface area contributed by atoms with Gasteiger partial charge in [-0.15, -0.1) is 6.58 Å². The van der Waals surface area contributed by atoms with Crippen molar-refractivity contribution in [1.82, 2.24) is 15.0 Å². The molecule has 0 aliphatic rings. The normalized spacial score (nSPS) is 12.9. The minimum Gasteiger partial charge on any atom is -0.338 e. The van der Waals surface area contributed by atoms with Gasteiger partial charge < -0.3 is 15.2 Å². The Morgan fingerprint density at radius 3 is 2.76 bits per heavy atom. The van der Waals surface area contributed by atoms with Crippen LogP contribution in [0.3, 0.4) is 0 Å². The van der Waals surface area contributed by atoms with Gasteiger partial charge in [-0.25, -0.2) is 0 Å². The van der Waals surface area contributed by atoms with Gasteiger partial charge in [0, 0.05) is 13.0 Å². The summed E-state index contributed by atoms with van der Waals surface area (Å²) in [5.74, 6) is 1.23. The van der Waals surface area contributed by atoms with Crippen LogP contribution >= 0.6 is 0 Å². The highest BCUT2D eigenvalue weighted by Crippen LogP contribution is 2.11. The maximum absolute atomic E-state index is 5.85. The number of rotatable bonds is 8. The summed E-state index contributed by atoms with van der Waals surface area (Å²) in [4.78, 5) is 6.61.